The molecule has 0 saturated heterocycles. The molecular formula is C12H25O2Si. The third kappa shape index (κ3) is 3.07. The fourth-order valence-corrected chi connectivity index (χ4v) is 7.76. The van der Waals surface area contributed by atoms with Gasteiger partial charge in [-0.05, 0) is 16.6 Å². The Labute approximate surface area is 95.5 Å². The van der Waals surface area contributed by atoms with Gasteiger partial charge >= 0.3 is 0 Å². The van der Waals surface area contributed by atoms with Gasteiger partial charge in [-0.25, -0.2) is 0 Å². The van der Waals surface area contributed by atoms with Gasteiger partial charge in [0.25, 0.3) is 14.3 Å². The van der Waals surface area contributed by atoms with Crippen molar-refractivity contribution in [3.05, 3.63) is 6.42 Å². The van der Waals surface area contributed by atoms with Crippen molar-refractivity contribution in [1.29, 1.82) is 0 Å². The molecule has 0 fully saturated rings. The van der Waals surface area contributed by atoms with Gasteiger partial charge in [0.15, 0.2) is 0 Å². The molecule has 0 aliphatic carbocycles. The Morgan fingerprint density at radius 2 is 1.33 bits per heavy atom. The molecule has 0 spiro atoms. The molecule has 0 bridgehead atoms. The lowest BCUT2D eigenvalue weighted by Gasteiger charge is -2.41. The second-order valence-corrected chi connectivity index (χ2v) is 10.4. The molecule has 89 valence electrons. The molecule has 0 amide bonds. The van der Waals surface area contributed by atoms with Crippen LogP contribution in [0.1, 0.15) is 48.5 Å². The van der Waals surface area contributed by atoms with Gasteiger partial charge < -0.3 is 4.43 Å². The van der Waals surface area contributed by atoms with Crippen LogP contribution in [0, 0.1) is 6.42 Å². The van der Waals surface area contributed by atoms with E-state index in [0.29, 0.717) is 16.6 Å². The quantitative estimate of drug-likeness (QED) is 0.668. The van der Waals surface area contributed by atoms with Crippen molar-refractivity contribution in [3.63, 3.8) is 0 Å². The second kappa shape index (κ2) is 5.68. The van der Waals surface area contributed by atoms with Gasteiger partial charge in [0, 0.05) is 0 Å². The summed E-state index contributed by atoms with van der Waals surface area (Å²) in [6, 6.07) is 0. The Kier molecular flexibility index (Phi) is 5.57. The van der Waals surface area contributed by atoms with Crippen LogP contribution in [0.5, 0.6) is 0 Å². The summed E-state index contributed by atoms with van der Waals surface area (Å²) in [5.74, 6) is -0.155. The minimum atomic E-state index is -1.99. The van der Waals surface area contributed by atoms with E-state index in [1.54, 1.807) is 6.92 Å². The minimum absolute atomic E-state index is 0.155. The Bertz CT molecular complexity index is 188. The van der Waals surface area contributed by atoms with Gasteiger partial charge in [0.1, 0.15) is 0 Å². The maximum absolute atomic E-state index is 11.5. The molecule has 0 atom stereocenters. The van der Waals surface area contributed by atoms with E-state index in [9.17, 15) is 4.79 Å². The Morgan fingerprint density at radius 3 is 1.53 bits per heavy atom. The molecule has 0 aromatic rings. The van der Waals surface area contributed by atoms with Crippen LogP contribution in [0.25, 0.3) is 0 Å². The van der Waals surface area contributed by atoms with Crippen LogP contribution < -0.4 is 0 Å². The van der Waals surface area contributed by atoms with Gasteiger partial charge in [0.05, 0.1) is 6.42 Å². The van der Waals surface area contributed by atoms with Gasteiger partial charge in [-0.3, -0.25) is 4.79 Å². The first-order chi connectivity index (χ1) is 6.78. The van der Waals surface area contributed by atoms with Crippen LogP contribution in [0.3, 0.4) is 0 Å². The smallest absolute Gasteiger partial charge is 0.296 e. The highest BCUT2D eigenvalue weighted by Gasteiger charge is 2.47. The predicted octanol–water partition coefficient (Wildman–Crippen LogP) is 3.93. The lowest BCUT2D eigenvalue weighted by atomic mass is 10.5. The zero-order valence-electron chi connectivity index (χ0n) is 11.1. The van der Waals surface area contributed by atoms with Crippen LogP contribution in [-0.4, -0.2) is 14.3 Å². The van der Waals surface area contributed by atoms with E-state index in [1.165, 1.54) is 6.42 Å². The van der Waals surface area contributed by atoms with Crippen molar-refractivity contribution in [2.45, 2.75) is 65.1 Å². The number of carbonyl (C=O) groups is 1. The molecule has 0 saturated carbocycles. The third-order valence-corrected chi connectivity index (χ3v) is 9.19. The summed E-state index contributed by atoms with van der Waals surface area (Å²) < 4.78 is 5.82. The topological polar surface area (TPSA) is 26.3 Å². The summed E-state index contributed by atoms with van der Waals surface area (Å²) in [4.78, 5) is 11.5. The molecule has 0 unspecified atom stereocenters. The molecule has 0 rings (SSSR count). The Morgan fingerprint density at radius 1 is 1.00 bits per heavy atom. The van der Waals surface area contributed by atoms with Crippen LogP contribution >= 0.6 is 0 Å². The molecule has 15 heavy (non-hydrogen) atoms. The zero-order valence-corrected chi connectivity index (χ0v) is 12.1. The molecule has 0 aromatic carbocycles. The highest BCUT2D eigenvalue weighted by atomic mass is 28.4. The summed E-state index contributed by atoms with van der Waals surface area (Å²) in [5, 5.41) is 0. The van der Waals surface area contributed by atoms with E-state index < -0.39 is 8.32 Å². The molecule has 0 aliphatic rings. The SMILES string of the molecule is C[CH]C(=O)O[Si](C(C)C)(C(C)C)C(C)C. The molecule has 0 N–H and O–H groups in total. The molecule has 0 heterocycles. The number of carbonyl (C=O) groups excluding carboxylic acids is 1. The average molecular weight is 229 g/mol. The Hall–Kier alpha value is -0.313. The van der Waals surface area contributed by atoms with Crippen molar-refractivity contribution in [2.75, 3.05) is 0 Å². The fraction of sp³-hybridized carbons (Fsp3) is 0.833. The van der Waals surface area contributed by atoms with E-state index in [0.717, 1.165) is 0 Å². The largest absolute Gasteiger partial charge is 0.518 e. The van der Waals surface area contributed by atoms with E-state index >= 15 is 0 Å². The van der Waals surface area contributed by atoms with Gasteiger partial charge in [-0.2, -0.15) is 0 Å². The fourth-order valence-electron chi connectivity index (χ4n) is 2.59. The first kappa shape index (κ1) is 14.7. The lowest BCUT2D eigenvalue weighted by molar-refractivity contribution is -0.131. The van der Waals surface area contributed by atoms with Crippen LogP contribution in [0.15, 0.2) is 0 Å². The Balaban J connectivity index is 5.05. The van der Waals surface area contributed by atoms with Crippen LogP contribution in [0.4, 0.5) is 0 Å². The highest BCUT2D eigenvalue weighted by Crippen LogP contribution is 2.42. The van der Waals surface area contributed by atoms with E-state index in [4.69, 9.17) is 4.43 Å². The summed E-state index contributed by atoms with van der Waals surface area (Å²) in [6.45, 7) is 14.8. The van der Waals surface area contributed by atoms with Crippen molar-refractivity contribution in [3.8, 4) is 0 Å². The summed E-state index contributed by atoms with van der Waals surface area (Å²) in [6.07, 6.45) is 1.52. The molecular weight excluding hydrogens is 204 g/mol. The highest BCUT2D eigenvalue weighted by molar-refractivity contribution is 6.79. The normalized spacial score (nSPS) is 12.7. The lowest BCUT2D eigenvalue weighted by Crippen LogP contribution is -2.49. The zero-order chi connectivity index (χ0) is 12.2. The summed E-state index contributed by atoms with van der Waals surface area (Å²) >= 11 is 0. The number of hydrogen-bond acceptors (Lipinski definition) is 2. The average Bonchev–Trinajstić information content (AvgIpc) is 2.11. The summed E-state index contributed by atoms with van der Waals surface area (Å²) in [7, 11) is -1.99. The third-order valence-electron chi connectivity index (χ3n) is 3.22. The maximum Gasteiger partial charge on any atom is 0.296 e. The van der Waals surface area contributed by atoms with Crippen molar-refractivity contribution in [2.24, 2.45) is 0 Å². The molecule has 1 radical (unpaired) electrons. The van der Waals surface area contributed by atoms with Gasteiger partial charge in [-0.15, -0.1) is 0 Å². The molecule has 0 aromatic heterocycles. The predicted molar refractivity (Wildman–Crippen MR) is 67.1 cm³/mol. The van der Waals surface area contributed by atoms with Crippen molar-refractivity contribution >= 4 is 14.3 Å². The molecule has 2 nitrogen and oxygen atoms in total. The monoisotopic (exact) mass is 229 g/mol. The summed E-state index contributed by atoms with van der Waals surface area (Å²) in [5.41, 5.74) is 1.38. The first-order valence-corrected chi connectivity index (χ1v) is 7.95. The number of rotatable bonds is 5. The van der Waals surface area contributed by atoms with E-state index in [-0.39, 0.29) is 5.97 Å². The van der Waals surface area contributed by atoms with Crippen molar-refractivity contribution < 1.29 is 9.22 Å². The first-order valence-electron chi connectivity index (χ1n) is 5.81. The van der Waals surface area contributed by atoms with Crippen molar-refractivity contribution in [1.82, 2.24) is 0 Å². The van der Waals surface area contributed by atoms with Crippen LogP contribution in [-0.2, 0) is 9.22 Å². The maximum atomic E-state index is 11.5. The van der Waals surface area contributed by atoms with E-state index in [1.807, 2.05) is 0 Å². The minimum Gasteiger partial charge on any atom is -0.518 e. The van der Waals surface area contributed by atoms with E-state index in [2.05, 4.69) is 41.5 Å². The molecule has 0 aliphatic heterocycles. The van der Waals surface area contributed by atoms with Gasteiger partial charge in [-0.1, -0.05) is 48.5 Å². The standard InChI is InChI=1S/C12H25O2Si/c1-8-12(13)14-15(9(2)3,10(4)5)11(6)7/h8-11H,1-7H3. The second-order valence-electron chi connectivity index (χ2n) is 5.03. The van der Waals surface area contributed by atoms with Gasteiger partial charge in [0.2, 0.25) is 0 Å². The number of hydrogen-bond donors (Lipinski definition) is 0. The van der Waals surface area contributed by atoms with Crippen LogP contribution in [0.2, 0.25) is 16.6 Å². The molecule has 3 heteroatoms.